The fourth-order valence-corrected chi connectivity index (χ4v) is 1.70. The molecule has 0 fully saturated rings. The topological polar surface area (TPSA) is 91.3 Å². The summed E-state index contributed by atoms with van der Waals surface area (Å²) in [5.41, 5.74) is -0.0957. The molecular weight excluding hydrogens is 286 g/mol. The van der Waals surface area contributed by atoms with Gasteiger partial charge in [-0.15, -0.1) is 0 Å². The normalized spacial score (nSPS) is 10.5. The molecule has 0 aliphatic carbocycles. The zero-order valence-electron chi connectivity index (χ0n) is 10.7. The Kier molecular flexibility index (Phi) is 4.52. The number of nitrogens with zero attached hydrogens (tertiary/aromatic N) is 3. The van der Waals surface area contributed by atoms with E-state index in [1.807, 2.05) is 6.92 Å². The molecule has 20 heavy (non-hydrogen) atoms. The van der Waals surface area contributed by atoms with Crippen molar-refractivity contribution >= 4 is 17.3 Å². The van der Waals surface area contributed by atoms with Crippen LogP contribution >= 0.6 is 11.6 Å². The first-order chi connectivity index (χ1) is 9.60. The molecule has 0 aliphatic rings. The predicted octanol–water partition coefficient (Wildman–Crippen LogP) is 3.16. The molecule has 1 aromatic carbocycles. The Morgan fingerprint density at radius 1 is 1.50 bits per heavy atom. The molecule has 0 radical (unpaired) electrons. The van der Waals surface area contributed by atoms with Gasteiger partial charge in [-0.1, -0.05) is 23.7 Å². The summed E-state index contributed by atoms with van der Waals surface area (Å²) < 4.78 is 10.4. The SMILES string of the molecule is CCCc1noc(COc2cc([N+](=O)[O-])ccc2Cl)n1. The van der Waals surface area contributed by atoms with Gasteiger partial charge in [-0.05, 0) is 12.5 Å². The lowest BCUT2D eigenvalue weighted by Crippen LogP contribution is -1.98. The minimum absolute atomic E-state index is 0.0115. The highest BCUT2D eigenvalue weighted by Gasteiger charge is 2.12. The van der Waals surface area contributed by atoms with Crippen molar-refractivity contribution < 1.29 is 14.2 Å². The van der Waals surface area contributed by atoms with Crippen LogP contribution < -0.4 is 4.74 Å². The molecule has 1 heterocycles. The van der Waals surface area contributed by atoms with Crippen LogP contribution in [-0.4, -0.2) is 15.1 Å². The van der Waals surface area contributed by atoms with Gasteiger partial charge in [0.15, 0.2) is 12.4 Å². The number of non-ortho nitro benzene ring substituents is 1. The molecule has 7 nitrogen and oxygen atoms in total. The molecule has 0 saturated heterocycles. The number of hydrogen-bond acceptors (Lipinski definition) is 6. The Hall–Kier alpha value is -2.15. The smallest absolute Gasteiger partial charge is 0.273 e. The summed E-state index contributed by atoms with van der Waals surface area (Å²) in [4.78, 5) is 14.3. The molecule has 0 unspecified atom stereocenters. The third-order valence-corrected chi connectivity index (χ3v) is 2.77. The molecule has 0 N–H and O–H groups in total. The maximum absolute atomic E-state index is 10.7. The molecule has 106 valence electrons. The lowest BCUT2D eigenvalue weighted by Gasteiger charge is -2.04. The molecular formula is C12H12ClN3O4. The van der Waals surface area contributed by atoms with Gasteiger partial charge in [-0.25, -0.2) is 0 Å². The van der Waals surface area contributed by atoms with Crippen molar-refractivity contribution in [3.05, 3.63) is 45.1 Å². The standard InChI is InChI=1S/C12H12ClN3O4/c1-2-3-11-14-12(20-15-11)7-19-10-6-8(16(17)18)4-5-9(10)13/h4-6H,2-3,7H2,1H3. The van der Waals surface area contributed by atoms with Gasteiger partial charge >= 0.3 is 0 Å². The minimum atomic E-state index is -0.519. The molecule has 0 aliphatic heterocycles. The predicted molar refractivity (Wildman–Crippen MR) is 70.7 cm³/mol. The second-order valence-electron chi connectivity index (χ2n) is 4.01. The molecule has 0 amide bonds. The van der Waals surface area contributed by atoms with E-state index in [4.69, 9.17) is 20.9 Å². The highest BCUT2D eigenvalue weighted by molar-refractivity contribution is 6.32. The van der Waals surface area contributed by atoms with Gasteiger partial charge < -0.3 is 9.26 Å². The van der Waals surface area contributed by atoms with Crippen LogP contribution in [0, 0.1) is 10.1 Å². The van der Waals surface area contributed by atoms with E-state index in [0.717, 1.165) is 12.8 Å². The van der Waals surface area contributed by atoms with E-state index in [0.29, 0.717) is 11.7 Å². The van der Waals surface area contributed by atoms with Crippen LogP contribution in [0.2, 0.25) is 5.02 Å². The van der Waals surface area contributed by atoms with Crippen molar-refractivity contribution in [1.82, 2.24) is 10.1 Å². The number of nitro groups is 1. The molecule has 0 atom stereocenters. The molecule has 0 saturated carbocycles. The zero-order valence-corrected chi connectivity index (χ0v) is 11.5. The molecule has 0 bridgehead atoms. The third kappa shape index (κ3) is 3.45. The number of nitro benzene ring substituents is 1. The molecule has 2 rings (SSSR count). The fourth-order valence-electron chi connectivity index (χ4n) is 1.53. The largest absolute Gasteiger partial charge is 0.482 e. The summed E-state index contributed by atoms with van der Waals surface area (Å²) >= 11 is 5.91. The van der Waals surface area contributed by atoms with Gasteiger partial charge in [0.05, 0.1) is 16.0 Å². The number of rotatable bonds is 6. The molecule has 0 spiro atoms. The van der Waals surface area contributed by atoms with Crippen molar-refractivity contribution in [2.24, 2.45) is 0 Å². The van der Waals surface area contributed by atoms with E-state index < -0.39 is 4.92 Å². The first-order valence-corrected chi connectivity index (χ1v) is 6.36. The number of halogens is 1. The number of ether oxygens (including phenoxy) is 1. The second-order valence-corrected chi connectivity index (χ2v) is 4.42. The Labute approximate surface area is 119 Å². The van der Waals surface area contributed by atoms with Crippen molar-refractivity contribution in [1.29, 1.82) is 0 Å². The van der Waals surface area contributed by atoms with Crippen LogP contribution in [0.4, 0.5) is 5.69 Å². The summed E-state index contributed by atoms with van der Waals surface area (Å²) in [5, 5.41) is 14.7. The van der Waals surface area contributed by atoms with Crippen LogP contribution in [0.15, 0.2) is 22.7 Å². The first-order valence-electron chi connectivity index (χ1n) is 5.98. The van der Waals surface area contributed by atoms with E-state index >= 15 is 0 Å². The van der Waals surface area contributed by atoms with Crippen LogP contribution in [0.1, 0.15) is 25.1 Å². The van der Waals surface area contributed by atoms with Crippen molar-refractivity contribution in [2.75, 3.05) is 0 Å². The maximum atomic E-state index is 10.7. The Morgan fingerprint density at radius 3 is 3.00 bits per heavy atom. The van der Waals surface area contributed by atoms with E-state index in [-0.39, 0.29) is 23.1 Å². The first kappa shape index (κ1) is 14.3. The van der Waals surface area contributed by atoms with Crippen LogP contribution in [0.25, 0.3) is 0 Å². The van der Waals surface area contributed by atoms with Gasteiger partial charge in [0.1, 0.15) is 5.75 Å². The molecule has 2 aromatic rings. The van der Waals surface area contributed by atoms with Crippen LogP contribution in [0.5, 0.6) is 5.75 Å². The Bertz CT molecular complexity index is 614. The molecule has 1 aromatic heterocycles. The van der Waals surface area contributed by atoms with Gasteiger partial charge in [0.25, 0.3) is 11.6 Å². The average molecular weight is 298 g/mol. The summed E-state index contributed by atoms with van der Waals surface area (Å²) in [5.74, 6) is 1.11. The average Bonchev–Trinajstić information content (AvgIpc) is 2.86. The monoisotopic (exact) mass is 297 g/mol. The van der Waals surface area contributed by atoms with E-state index in [9.17, 15) is 10.1 Å². The second kappa shape index (κ2) is 6.33. The highest BCUT2D eigenvalue weighted by Crippen LogP contribution is 2.29. The van der Waals surface area contributed by atoms with Crippen molar-refractivity contribution in [3.8, 4) is 5.75 Å². The van der Waals surface area contributed by atoms with Gasteiger partial charge in [-0.3, -0.25) is 10.1 Å². The van der Waals surface area contributed by atoms with Gasteiger partial charge in [-0.2, -0.15) is 4.98 Å². The summed E-state index contributed by atoms with van der Waals surface area (Å²) in [7, 11) is 0. The fraction of sp³-hybridized carbons (Fsp3) is 0.333. The lowest BCUT2D eigenvalue weighted by molar-refractivity contribution is -0.384. The van der Waals surface area contributed by atoms with Crippen molar-refractivity contribution in [2.45, 2.75) is 26.4 Å². The number of hydrogen-bond donors (Lipinski definition) is 0. The quantitative estimate of drug-likeness (QED) is 0.600. The van der Waals surface area contributed by atoms with Crippen molar-refractivity contribution in [3.63, 3.8) is 0 Å². The van der Waals surface area contributed by atoms with Gasteiger partial charge in [0, 0.05) is 12.5 Å². The van der Waals surface area contributed by atoms with Crippen LogP contribution in [-0.2, 0) is 13.0 Å². The maximum Gasteiger partial charge on any atom is 0.273 e. The molecule has 8 heteroatoms. The number of aryl methyl sites for hydroxylation is 1. The highest BCUT2D eigenvalue weighted by atomic mass is 35.5. The summed E-state index contributed by atoms with van der Waals surface area (Å²) in [6.07, 6.45) is 1.64. The minimum Gasteiger partial charge on any atom is -0.482 e. The number of benzene rings is 1. The number of aromatic nitrogens is 2. The zero-order chi connectivity index (χ0) is 14.5. The third-order valence-electron chi connectivity index (χ3n) is 2.46. The van der Waals surface area contributed by atoms with E-state index in [1.54, 1.807) is 0 Å². The Balaban J connectivity index is 2.05. The van der Waals surface area contributed by atoms with Crippen LogP contribution in [0.3, 0.4) is 0 Å². The van der Waals surface area contributed by atoms with E-state index in [1.165, 1.54) is 18.2 Å². The Morgan fingerprint density at radius 2 is 2.30 bits per heavy atom. The summed E-state index contributed by atoms with van der Waals surface area (Å²) in [6, 6.07) is 3.97. The lowest BCUT2D eigenvalue weighted by atomic mass is 10.3. The summed E-state index contributed by atoms with van der Waals surface area (Å²) in [6.45, 7) is 2.02. The van der Waals surface area contributed by atoms with E-state index in [2.05, 4.69) is 10.1 Å². The van der Waals surface area contributed by atoms with Gasteiger partial charge in [0.2, 0.25) is 0 Å².